The van der Waals surface area contributed by atoms with Crippen LogP contribution in [0.3, 0.4) is 0 Å². The van der Waals surface area contributed by atoms with E-state index in [1.165, 1.54) is 10.4 Å². The number of halogens is 1. The van der Waals surface area contributed by atoms with Gasteiger partial charge in [0, 0.05) is 31.7 Å². The van der Waals surface area contributed by atoms with E-state index in [1.807, 2.05) is 13.8 Å². The van der Waals surface area contributed by atoms with Crippen LogP contribution in [-0.4, -0.2) is 56.3 Å². The summed E-state index contributed by atoms with van der Waals surface area (Å²) in [5.74, 6) is 0.649. The Morgan fingerprint density at radius 2 is 1.79 bits per heavy atom. The third-order valence-electron chi connectivity index (χ3n) is 4.70. The zero-order valence-electron chi connectivity index (χ0n) is 15.9. The van der Waals surface area contributed by atoms with Crippen molar-refractivity contribution in [2.75, 3.05) is 32.8 Å². The van der Waals surface area contributed by atoms with E-state index in [-0.39, 0.29) is 28.9 Å². The molecule has 0 spiro atoms. The fraction of sp³-hybridized carbons (Fsp3) is 0.350. The minimum Gasteiger partial charge on any atom is -0.494 e. The van der Waals surface area contributed by atoms with Gasteiger partial charge in [-0.3, -0.25) is 4.79 Å². The summed E-state index contributed by atoms with van der Waals surface area (Å²) in [4.78, 5) is 14.6. The number of nitrogens with zero attached hydrogens (tertiary/aromatic N) is 2. The van der Waals surface area contributed by atoms with Crippen molar-refractivity contribution in [3.63, 3.8) is 0 Å². The van der Waals surface area contributed by atoms with Gasteiger partial charge in [-0.15, -0.1) is 0 Å². The van der Waals surface area contributed by atoms with Gasteiger partial charge in [0.25, 0.3) is 5.91 Å². The van der Waals surface area contributed by atoms with Crippen molar-refractivity contribution in [3.05, 3.63) is 58.6 Å². The van der Waals surface area contributed by atoms with Crippen LogP contribution in [0, 0.1) is 6.92 Å². The van der Waals surface area contributed by atoms with Crippen LogP contribution in [0.15, 0.2) is 47.4 Å². The largest absolute Gasteiger partial charge is 0.494 e. The Morgan fingerprint density at radius 3 is 2.39 bits per heavy atom. The van der Waals surface area contributed by atoms with Crippen molar-refractivity contribution in [2.45, 2.75) is 18.7 Å². The molecule has 0 saturated carbocycles. The highest BCUT2D eigenvalue weighted by atomic mass is 35.5. The molecule has 1 aliphatic rings. The molecule has 0 aliphatic carbocycles. The first-order valence-electron chi connectivity index (χ1n) is 9.12. The Labute approximate surface area is 170 Å². The first-order chi connectivity index (χ1) is 13.3. The van der Waals surface area contributed by atoms with Gasteiger partial charge in [0.05, 0.1) is 11.6 Å². The molecular formula is C20H23ClN2O4S. The van der Waals surface area contributed by atoms with Crippen LogP contribution >= 0.6 is 11.6 Å². The molecule has 1 heterocycles. The normalized spacial score (nSPS) is 15.5. The van der Waals surface area contributed by atoms with Crippen LogP contribution < -0.4 is 4.74 Å². The molecule has 28 heavy (non-hydrogen) atoms. The van der Waals surface area contributed by atoms with Gasteiger partial charge in [0.15, 0.2) is 0 Å². The van der Waals surface area contributed by atoms with Gasteiger partial charge in [-0.2, -0.15) is 4.31 Å². The van der Waals surface area contributed by atoms with Crippen molar-refractivity contribution >= 4 is 27.5 Å². The van der Waals surface area contributed by atoms with Crippen LogP contribution in [0.25, 0.3) is 0 Å². The molecule has 2 aromatic rings. The molecule has 1 saturated heterocycles. The fourth-order valence-corrected chi connectivity index (χ4v) is 5.12. The zero-order valence-corrected chi connectivity index (χ0v) is 17.5. The van der Waals surface area contributed by atoms with E-state index in [0.717, 1.165) is 11.3 Å². The summed E-state index contributed by atoms with van der Waals surface area (Å²) in [6.45, 7) is 5.49. The molecule has 0 N–H and O–H groups in total. The summed E-state index contributed by atoms with van der Waals surface area (Å²) in [6.07, 6.45) is 0. The fourth-order valence-electron chi connectivity index (χ4n) is 3.21. The van der Waals surface area contributed by atoms with Gasteiger partial charge in [0.2, 0.25) is 10.0 Å². The number of ether oxygens (including phenoxy) is 1. The van der Waals surface area contributed by atoms with Gasteiger partial charge < -0.3 is 9.64 Å². The van der Waals surface area contributed by atoms with E-state index in [1.54, 1.807) is 41.3 Å². The number of carbonyl (C=O) groups excluding carboxylic acids is 1. The van der Waals surface area contributed by atoms with Crippen LogP contribution in [0.2, 0.25) is 5.02 Å². The Bertz CT molecular complexity index is 970. The summed E-state index contributed by atoms with van der Waals surface area (Å²) in [7, 11) is -3.68. The van der Waals surface area contributed by atoms with Crippen LogP contribution in [0.4, 0.5) is 0 Å². The van der Waals surface area contributed by atoms with Crippen molar-refractivity contribution < 1.29 is 17.9 Å². The number of hydrogen-bond acceptors (Lipinski definition) is 4. The molecule has 2 aromatic carbocycles. The first kappa shape index (κ1) is 20.6. The molecule has 0 unspecified atom stereocenters. The lowest BCUT2D eigenvalue weighted by molar-refractivity contribution is 0.0697. The second-order valence-corrected chi connectivity index (χ2v) is 8.85. The number of rotatable bonds is 5. The molecule has 1 fully saturated rings. The Balaban J connectivity index is 1.69. The second-order valence-electron chi connectivity index (χ2n) is 6.54. The highest BCUT2D eigenvalue weighted by molar-refractivity contribution is 7.89. The average molecular weight is 423 g/mol. The molecule has 1 aliphatic heterocycles. The number of hydrogen-bond donors (Lipinski definition) is 0. The van der Waals surface area contributed by atoms with Crippen molar-refractivity contribution in [3.8, 4) is 5.75 Å². The summed E-state index contributed by atoms with van der Waals surface area (Å²) < 4.78 is 32.5. The Kier molecular flexibility index (Phi) is 6.27. The molecule has 0 radical (unpaired) electrons. The topological polar surface area (TPSA) is 66.9 Å². The number of carbonyl (C=O) groups is 1. The highest BCUT2D eigenvalue weighted by Gasteiger charge is 2.31. The van der Waals surface area contributed by atoms with Crippen molar-refractivity contribution in [2.24, 2.45) is 0 Å². The second kappa shape index (κ2) is 8.51. The lowest BCUT2D eigenvalue weighted by Crippen LogP contribution is -2.50. The van der Waals surface area contributed by atoms with Gasteiger partial charge in [-0.25, -0.2) is 8.42 Å². The standard InChI is InChI=1S/C20H23ClN2O4S/c1-3-27-18-9-8-16(14-15(18)2)20(24)22-10-12-23(13-11-22)28(25,26)19-7-5-4-6-17(19)21/h4-9,14H,3,10-13H2,1-2H3. The molecule has 0 bridgehead atoms. The predicted octanol–water partition coefficient (Wildman–Crippen LogP) is 3.19. The zero-order chi connectivity index (χ0) is 20.3. The maximum absolute atomic E-state index is 12.8. The Morgan fingerprint density at radius 1 is 1.11 bits per heavy atom. The maximum atomic E-state index is 12.8. The molecule has 150 valence electrons. The molecule has 0 atom stereocenters. The van der Waals surface area contributed by atoms with Crippen molar-refractivity contribution in [1.29, 1.82) is 0 Å². The summed E-state index contributed by atoms with van der Waals surface area (Å²) in [5.41, 5.74) is 1.47. The van der Waals surface area contributed by atoms with Gasteiger partial charge >= 0.3 is 0 Å². The average Bonchev–Trinajstić information content (AvgIpc) is 2.69. The SMILES string of the molecule is CCOc1ccc(C(=O)N2CCN(S(=O)(=O)c3ccccc3Cl)CC2)cc1C. The predicted molar refractivity (Wildman–Crippen MR) is 108 cm³/mol. The number of sulfonamides is 1. The van der Waals surface area contributed by atoms with Crippen LogP contribution in [0.5, 0.6) is 5.75 Å². The smallest absolute Gasteiger partial charge is 0.253 e. The van der Waals surface area contributed by atoms with E-state index in [0.29, 0.717) is 25.3 Å². The van der Waals surface area contributed by atoms with Gasteiger partial charge in [0.1, 0.15) is 10.6 Å². The first-order valence-corrected chi connectivity index (χ1v) is 10.9. The highest BCUT2D eigenvalue weighted by Crippen LogP contribution is 2.26. The van der Waals surface area contributed by atoms with E-state index in [4.69, 9.17) is 16.3 Å². The van der Waals surface area contributed by atoms with Crippen LogP contribution in [-0.2, 0) is 10.0 Å². The minimum atomic E-state index is -3.68. The molecular weight excluding hydrogens is 400 g/mol. The molecule has 1 amide bonds. The number of piperazine rings is 1. The molecule has 3 rings (SSSR count). The van der Waals surface area contributed by atoms with Crippen molar-refractivity contribution in [1.82, 2.24) is 9.21 Å². The van der Waals surface area contributed by atoms with E-state index < -0.39 is 10.0 Å². The third-order valence-corrected chi connectivity index (χ3v) is 7.10. The quantitative estimate of drug-likeness (QED) is 0.742. The summed E-state index contributed by atoms with van der Waals surface area (Å²) in [5, 5.41) is 0.200. The van der Waals surface area contributed by atoms with E-state index in [9.17, 15) is 13.2 Å². The molecule has 6 nitrogen and oxygen atoms in total. The number of benzene rings is 2. The lowest BCUT2D eigenvalue weighted by Gasteiger charge is -2.34. The molecule has 0 aromatic heterocycles. The Hall–Kier alpha value is -2.09. The monoisotopic (exact) mass is 422 g/mol. The summed E-state index contributed by atoms with van der Waals surface area (Å²) in [6, 6.07) is 11.7. The number of amides is 1. The van der Waals surface area contributed by atoms with E-state index in [2.05, 4.69) is 0 Å². The van der Waals surface area contributed by atoms with E-state index >= 15 is 0 Å². The van der Waals surface area contributed by atoms with Crippen LogP contribution in [0.1, 0.15) is 22.8 Å². The molecule has 8 heteroatoms. The lowest BCUT2D eigenvalue weighted by atomic mass is 10.1. The van der Waals surface area contributed by atoms with Gasteiger partial charge in [-0.1, -0.05) is 23.7 Å². The third kappa shape index (κ3) is 4.16. The van der Waals surface area contributed by atoms with Gasteiger partial charge in [-0.05, 0) is 49.7 Å². The summed E-state index contributed by atoms with van der Waals surface area (Å²) >= 11 is 6.06. The minimum absolute atomic E-state index is 0.0959. The number of aryl methyl sites for hydroxylation is 1. The maximum Gasteiger partial charge on any atom is 0.253 e.